The molecule has 0 aromatic heterocycles. The Bertz CT molecular complexity index is 1410. The van der Waals surface area contributed by atoms with Gasteiger partial charge in [-0.1, -0.05) is 167 Å². The Balaban J connectivity index is 1.92. The molecule has 1 aliphatic heterocycles. The molecule has 412 valence electrons. The Morgan fingerprint density at radius 2 is 1.01 bits per heavy atom. The number of hydrogen-bond acceptors (Lipinski definition) is 17. The lowest BCUT2D eigenvalue weighted by Crippen LogP contribution is -2.79. The van der Waals surface area contributed by atoms with Gasteiger partial charge in [-0.05, 0) is 38.5 Å². The van der Waals surface area contributed by atoms with E-state index in [9.17, 15) is 54.8 Å². The van der Waals surface area contributed by atoms with E-state index in [1.54, 1.807) is 0 Å². The molecule has 2 rings (SSSR count). The van der Waals surface area contributed by atoms with Crippen LogP contribution in [-0.4, -0.2) is 141 Å². The van der Waals surface area contributed by atoms with Crippen LogP contribution in [0.25, 0.3) is 0 Å². The van der Waals surface area contributed by atoms with Gasteiger partial charge >= 0.3 is 11.9 Å². The number of unbranched alkanes of at least 4 members (excludes halogenated alkanes) is 25. The molecule has 0 aromatic rings. The SMILES string of the molecule is CCCCCCCC/C=C\CCCCCCCC(=O)O[C@@H](COC(=O)CCCCCCCCCCCCCCCCC)COP(=O)([O-])O[C@@H]1[C@H](O)[C@H](O)[C@@H](O)[C@H](O)[C@H]1O[C@H]1O[C@H](CO)[C@@H](O)[C@H](O)[C@H]1[NH3+]. The second-order valence-electron chi connectivity index (χ2n) is 19.6. The first kappa shape index (κ1) is 64.5. The molecule has 1 aliphatic carbocycles. The van der Waals surface area contributed by atoms with E-state index in [4.69, 9.17) is 28.0 Å². The molecule has 18 nitrogen and oxygen atoms in total. The molecule has 1 unspecified atom stereocenters. The summed E-state index contributed by atoms with van der Waals surface area (Å²) in [6.45, 7) is 2.28. The molecule has 0 amide bonds. The van der Waals surface area contributed by atoms with Gasteiger partial charge in [0.25, 0.3) is 7.82 Å². The summed E-state index contributed by atoms with van der Waals surface area (Å²) in [6.07, 6.45) is 16.0. The lowest BCUT2D eigenvalue weighted by atomic mass is 9.84. The van der Waals surface area contributed by atoms with Crippen molar-refractivity contribution < 1.29 is 88.5 Å². The minimum Gasteiger partial charge on any atom is -0.756 e. The fourth-order valence-corrected chi connectivity index (χ4v) is 9.79. The molecule has 1 heterocycles. The highest BCUT2D eigenvalue weighted by atomic mass is 31.2. The van der Waals surface area contributed by atoms with Crippen LogP contribution in [0.4, 0.5) is 0 Å². The van der Waals surface area contributed by atoms with E-state index in [0.29, 0.717) is 12.8 Å². The van der Waals surface area contributed by atoms with Gasteiger partial charge < -0.3 is 74.4 Å². The van der Waals surface area contributed by atoms with E-state index < -0.39 is 113 Å². The molecule has 0 spiro atoms. The van der Waals surface area contributed by atoms with Gasteiger partial charge in [-0.2, -0.15) is 0 Å². The molecule has 10 N–H and O–H groups in total. The number of allylic oxidation sites excluding steroid dienone is 2. The van der Waals surface area contributed by atoms with Crippen molar-refractivity contribution in [3.05, 3.63) is 12.2 Å². The van der Waals surface area contributed by atoms with Gasteiger partial charge in [-0.3, -0.25) is 14.2 Å². The summed E-state index contributed by atoms with van der Waals surface area (Å²) in [5.74, 6) is -1.22. The van der Waals surface area contributed by atoms with E-state index in [1.165, 1.54) is 103 Å². The zero-order chi connectivity index (χ0) is 51.6. The Morgan fingerprint density at radius 1 is 0.586 bits per heavy atom. The Labute approximate surface area is 419 Å². The smallest absolute Gasteiger partial charge is 0.306 e. The van der Waals surface area contributed by atoms with Crippen molar-refractivity contribution in [1.29, 1.82) is 0 Å². The number of phosphoric acid groups is 1. The fourth-order valence-electron chi connectivity index (χ4n) is 8.84. The van der Waals surface area contributed by atoms with Crippen molar-refractivity contribution in [2.24, 2.45) is 0 Å². The van der Waals surface area contributed by atoms with Gasteiger partial charge in [0.1, 0.15) is 61.5 Å². The monoisotopic (exact) mass is 1030 g/mol. The van der Waals surface area contributed by atoms with Gasteiger partial charge in [-0.25, -0.2) is 0 Å². The van der Waals surface area contributed by atoms with E-state index >= 15 is 0 Å². The van der Waals surface area contributed by atoms with Crippen molar-refractivity contribution in [3.63, 3.8) is 0 Å². The van der Waals surface area contributed by atoms with Crippen molar-refractivity contribution >= 4 is 19.8 Å². The lowest BCUT2D eigenvalue weighted by molar-refractivity contribution is -0.506. The number of carbonyl (C=O) groups excluding carboxylic acids is 2. The number of hydrogen-bond donors (Lipinski definition) is 8. The second kappa shape index (κ2) is 38.9. The average molecular weight is 1030 g/mol. The zero-order valence-electron chi connectivity index (χ0n) is 42.8. The fraction of sp³-hybridized carbons (Fsp3) is 0.922. The molecule has 0 bridgehead atoms. The molecule has 19 heteroatoms. The second-order valence-corrected chi connectivity index (χ2v) is 20.9. The lowest BCUT2D eigenvalue weighted by Gasteiger charge is -2.47. The van der Waals surface area contributed by atoms with Crippen LogP contribution in [0.3, 0.4) is 0 Å². The number of aliphatic hydroxyl groups is 7. The maximum atomic E-state index is 13.3. The van der Waals surface area contributed by atoms with Crippen molar-refractivity contribution in [3.8, 4) is 0 Å². The highest BCUT2D eigenvalue weighted by Crippen LogP contribution is 2.44. The van der Waals surface area contributed by atoms with Gasteiger partial charge in [0.15, 0.2) is 12.1 Å². The highest BCUT2D eigenvalue weighted by Gasteiger charge is 2.55. The first-order valence-electron chi connectivity index (χ1n) is 27.1. The summed E-state index contributed by atoms with van der Waals surface area (Å²) in [7, 11) is -5.58. The van der Waals surface area contributed by atoms with Gasteiger partial charge in [-0.15, -0.1) is 0 Å². The summed E-state index contributed by atoms with van der Waals surface area (Å²) in [5, 5.41) is 73.0. The van der Waals surface area contributed by atoms with E-state index in [1.807, 2.05) is 0 Å². The van der Waals surface area contributed by atoms with Crippen LogP contribution in [-0.2, 0) is 42.1 Å². The van der Waals surface area contributed by atoms with Crippen LogP contribution in [0.15, 0.2) is 12.2 Å². The number of ether oxygens (including phenoxy) is 4. The number of quaternary nitrogens is 1. The molecule has 70 heavy (non-hydrogen) atoms. The van der Waals surface area contributed by atoms with Crippen LogP contribution < -0.4 is 10.6 Å². The minimum absolute atomic E-state index is 0.0258. The Kier molecular flexibility index (Phi) is 35.8. The van der Waals surface area contributed by atoms with Crippen molar-refractivity contribution in [1.82, 2.24) is 0 Å². The maximum Gasteiger partial charge on any atom is 0.306 e. The van der Waals surface area contributed by atoms with Gasteiger partial charge in [0, 0.05) is 12.8 Å². The molecule has 1 saturated carbocycles. The van der Waals surface area contributed by atoms with Crippen molar-refractivity contribution in [2.75, 3.05) is 19.8 Å². The summed E-state index contributed by atoms with van der Waals surface area (Å²) in [4.78, 5) is 39.1. The summed E-state index contributed by atoms with van der Waals surface area (Å²) in [5.41, 5.74) is 3.67. The Hall–Kier alpha value is -1.61. The van der Waals surface area contributed by atoms with Gasteiger partial charge in [0.05, 0.1) is 13.2 Å². The molecular weight excluding hydrogens is 930 g/mol. The largest absolute Gasteiger partial charge is 0.756 e. The first-order valence-corrected chi connectivity index (χ1v) is 28.6. The van der Waals surface area contributed by atoms with Gasteiger partial charge in [0.2, 0.25) is 6.29 Å². The predicted molar refractivity (Wildman–Crippen MR) is 262 cm³/mol. The molecule has 0 radical (unpaired) electrons. The molecule has 13 atom stereocenters. The average Bonchev–Trinajstić information content (AvgIpc) is 3.34. The maximum absolute atomic E-state index is 13.3. The summed E-state index contributed by atoms with van der Waals surface area (Å²) < 4.78 is 45.7. The van der Waals surface area contributed by atoms with Crippen LogP contribution in [0, 0.1) is 0 Å². The van der Waals surface area contributed by atoms with E-state index in [-0.39, 0.29) is 12.8 Å². The van der Waals surface area contributed by atoms with E-state index in [2.05, 4.69) is 31.7 Å². The van der Waals surface area contributed by atoms with Crippen LogP contribution in [0.5, 0.6) is 0 Å². The quantitative estimate of drug-likeness (QED) is 0.0162. The molecular formula is C51H96NO17P. The summed E-state index contributed by atoms with van der Waals surface area (Å²) in [6, 6.07) is -1.29. The number of phosphoric ester groups is 1. The molecule has 2 aliphatic rings. The molecule has 2 fully saturated rings. The topological polar surface area (TPSA) is 299 Å². The summed E-state index contributed by atoms with van der Waals surface area (Å²) >= 11 is 0. The predicted octanol–water partition coefficient (Wildman–Crippen LogP) is 5.50. The minimum atomic E-state index is -5.58. The van der Waals surface area contributed by atoms with Crippen molar-refractivity contribution in [2.45, 2.75) is 280 Å². The normalized spacial score (nSPS) is 27.4. The van der Waals surface area contributed by atoms with Crippen LogP contribution >= 0.6 is 7.82 Å². The third kappa shape index (κ3) is 27.1. The third-order valence-corrected chi connectivity index (χ3v) is 14.3. The first-order chi connectivity index (χ1) is 33.7. The standard InChI is InChI=1S/C51H96NO17P/c1-3-5-7-9-11-13-15-17-19-21-23-25-27-29-31-33-40(54)64-36-38(66-41(55)34-32-30-28-26-24-22-20-18-16-14-12-10-8-6-4-2)37-65-70(62,63)69-50-48(61)46(59)45(58)47(60)49(50)68-51-42(52)44(57)43(56)39(35-53)67-51/h18,20,38-39,42-51,53,56-61H,3-17,19,21-37,52H2,1-2H3,(H,62,63)/b20-18-/t38-,39+,42+,43+,44+,45+,46+,47-,48+,49+,50+,51+/m0/s1. The molecule has 0 aromatic carbocycles. The molecule has 1 saturated heterocycles. The third-order valence-electron chi connectivity index (χ3n) is 13.4. The number of esters is 2. The zero-order valence-corrected chi connectivity index (χ0v) is 43.7. The number of aliphatic hydroxyl groups excluding tert-OH is 7. The van der Waals surface area contributed by atoms with E-state index in [0.717, 1.165) is 64.2 Å². The van der Waals surface area contributed by atoms with Crippen LogP contribution in [0.2, 0.25) is 0 Å². The van der Waals surface area contributed by atoms with Crippen LogP contribution in [0.1, 0.15) is 206 Å². The highest BCUT2D eigenvalue weighted by molar-refractivity contribution is 7.45. The number of rotatable bonds is 42. The number of carbonyl (C=O) groups is 2. The Morgan fingerprint density at radius 3 is 1.49 bits per heavy atom.